The van der Waals surface area contributed by atoms with E-state index >= 15 is 0 Å². The van der Waals surface area contributed by atoms with E-state index < -0.39 is 0 Å². The van der Waals surface area contributed by atoms with Gasteiger partial charge in [-0.2, -0.15) is 5.10 Å². The number of pyridine rings is 1. The van der Waals surface area contributed by atoms with Crippen molar-refractivity contribution in [3.05, 3.63) is 41.3 Å². The van der Waals surface area contributed by atoms with E-state index in [9.17, 15) is 0 Å². The van der Waals surface area contributed by atoms with Crippen LogP contribution in [0, 0.1) is 13.8 Å². The molecule has 1 N–H and O–H groups in total. The second-order valence-corrected chi connectivity index (χ2v) is 5.99. The molecule has 19 heavy (non-hydrogen) atoms. The third-order valence-electron chi connectivity index (χ3n) is 2.87. The number of rotatable bonds is 3. The summed E-state index contributed by atoms with van der Waals surface area (Å²) in [6.07, 6.45) is 3.86. The smallest absolute Gasteiger partial charge is 0.156 e. The molecule has 0 saturated heterocycles. The molecule has 0 bridgehead atoms. The summed E-state index contributed by atoms with van der Waals surface area (Å²) >= 11 is 0. The molecule has 0 aromatic carbocycles. The Morgan fingerprint density at radius 2 is 2.00 bits per heavy atom. The van der Waals surface area contributed by atoms with E-state index in [2.05, 4.69) is 49.2 Å². The molecule has 0 radical (unpaired) electrons. The standard InChI is InChI=1S/C15H22N4/c1-11-8-13(10-17-15(3,4)5)9-16-14(11)19-7-6-12(2)18-19/h6-9,17H,10H2,1-5H3. The molecule has 0 aliphatic heterocycles. The van der Waals surface area contributed by atoms with Gasteiger partial charge < -0.3 is 5.32 Å². The number of nitrogens with zero attached hydrogens (tertiary/aromatic N) is 3. The molecule has 0 atom stereocenters. The number of hydrogen-bond acceptors (Lipinski definition) is 3. The SMILES string of the molecule is Cc1ccn(-c2ncc(CNC(C)(C)C)cc2C)n1. The Hall–Kier alpha value is -1.68. The van der Waals surface area contributed by atoms with Gasteiger partial charge in [0.15, 0.2) is 5.82 Å². The molecule has 0 aliphatic rings. The highest BCUT2D eigenvalue weighted by atomic mass is 15.3. The van der Waals surface area contributed by atoms with Gasteiger partial charge in [-0.05, 0) is 57.9 Å². The molecular formula is C15H22N4. The van der Waals surface area contributed by atoms with Crippen molar-refractivity contribution >= 4 is 0 Å². The van der Waals surface area contributed by atoms with Crippen LogP contribution in [-0.4, -0.2) is 20.3 Å². The second-order valence-electron chi connectivity index (χ2n) is 5.99. The zero-order chi connectivity index (χ0) is 14.0. The maximum absolute atomic E-state index is 4.52. The number of hydrogen-bond donors (Lipinski definition) is 1. The van der Waals surface area contributed by atoms with Crippen LogP contribution in [0.25, 0.3) is 5.82 Å². The molecule has 102 valence electrons. The third-order valence-corrected chi connectivity index (χ3v) is 2.87. The van der Waals surface area contributed by atoms with Crippen LogP contribution in [0.15, 0.2) is 24.5 Å². The summed E-state index contributed by atoms with van der Waals surface area (Å²) in [5.41, 5.74) is 3.45. The van der Waals surface area contributed by atoms with Crippen LogP contribution in [0.2, 0.25) is 0 Å². The zero-order valence-electron chi connectivity index (χ0n) is 12.4. The van der Waals surface area contributed by atoms with Crippen LogP contribution in [0.4, 0.5) is 0 Å². The van der Waals surface area contributed by atoms with Gasteiger partial charge in [0, 0.05) is 24.5 Å². The lowest BCUT2D eigenvalue weighted by Gasteiger charge is -2.20. The fourth-order valence-electron chi connectivity index (χ4n) is 1.86. The predicted octanol–water partition coefficient (Wildman–Crippen LogP) is 2.77. The molecule has 2 heterocycles. The van der Waals surface area contributed by atoms with Gasteiger partial charge in [-0.25, -0.2) is 9.67 Å². The molecule has 4 heteroatoms. The van der Waals surface area contributed by atoms with Crippen molar-refractivity contribution in [3.8, 4) is 5.82 Å². The molecule has 2 aromatic rings. The Kier molecular flexibility index (Phi) is 3.71. The Morgan fingerprint density at radius 3 is 2.53 bits per heavy atom. The van der Waals surface area contributed by atoms with Gasteiger partial charge in [-0.3, -0.25) is 0 Å². The molecule has 0 saturated carbocycles. The first-order valence-electron chi connectivity index (χ1n) is 6.58. The number of nitrogens with one attached hydrogen (secondary N) is 1. The summed E-state index contributed by atoms with van der Waals surface area (Å²) in [6.45, 7) is 11.4. The Morgan fingerprint density at radius 1 is 1.26 bits per heavy atom. The maximum Gasteiger partial charge on any atom is 0.156 e. The Bertz CT molecular complexity index is 564. The zero-order valence-corrected chi connectivity index (χ0v) is 12.4. The minimum atomic E-state index is 0.117. The minimum Gasteiger partial charge on any atom is -0.308 e. The van der Waals surface area contributed by atoms with Crippen molar-refractivity contribution in [2.75, 3.05) is 0 Å². The highest BCUT2D eigenvalue weighted by Crippen LogP contribution is 2.13. The largest absolute Gasteiger partial charge is 0.308 e. The summed E-state index contributed by atoms with van der Waals surface area (Å²) in [4.78, 5) is 4.52. The normalized spacial score (nSPS) is 11.8. The first-order valence-corrected chi connectivity index (χ1v) is 6.58. The van der Waals surface area contributed by atoms with Crippen molar-refractivity contribution in [1.82, 2.24) is 20.1 Å². The van der Waals surface area contributed by atoms with Crippen LogP contribution < -0.4 is 5.32 Å². The van der Waals surface area contributed by atoms with E-state index in [1.54, 1.807) is 0 Å². The fourth-order valence-corrected chi connectivity index (χ4v) is 1.86. The molecule has 0 aliphatic carbocycles. The van der Waals surface area contributed by atoms with Crippen LogP contribution in [0.5, 0.6) is 0 Å². The molecule has 0 amide bonds. The van der Waals surface area contributed by atoms with Gasteiger partial charge in [-0.1, -0.05) is 0 Å². The lowest BCUT2D eigenvalue weighted by molar-refractivity contribution is 0.424. The topological polar surface area (TPSA) is 42.7 Å². The lowest BCUT2D eigenvalue weighted by atomic mass is 10.1. The van der Waals surface area contributed by atoms with Crippen LogP contribution in [0.1, 0.15) is 37.6 Å². The van der Waals surface area contributed by atoms with Crippen LogP contribution >= 0.6 is 0 Å². The van der Waals surface area contributed by atoms with Gasteiger partial charge in [0.2, 0.25) is 0 Å². The van der Waals surface area contributed by atoms with E-state index in [1.807, 2.05) is 30.1 Å². The molecule has 0 fully saturated rings. The van der Waals surface area contributed by atoms with Crippen LogP contribution in [-0.2, 0) is 6.54 Å². The van der Waals surface area contributed by atoms with Crippen molar-refractivity contribution in [3.63, 3.8) is 0 Å². The predicted molar refractivity (Wildman–Crippen MR) is 77.4 cm³/mol. The summed E-state index contributed by atoms with van der Waals surface area (Å²) in [7, 11) is 0. The van der Waals surface area contributed by atoms with Crippen LogP contribution in [0.3, 0.4) is 0 Å². The molecular weight excluding hydrogens is 236 g/mol. The van der Waals surface area contributed by atoms with E-state index in [1.165, 1.54) is 5.56 Å². The Balaban J connectivity index is 2.18. The maximum atomic E-state index is 4.52. The number of aromatic nitrogens is 3. The van der Waals surface area contributed by atoms with Gasteiger partial charge in [0.25, 0.3) is 0 Å². The molecule has 0 unspecified atom stereocenters. The summed E-state index contributed by atoms with van der Waals surface area (Å²) < 4.78 is 1.83. The lowest BCUT2D eigenvalue weighted by Crippen LogP contribution is -2.35. The monoisotopic (exact) mass is 258 g/mol. The Labute approximate surface area is 114 Å². The first kappa shape index (κ1) is 13.7. The minimum absolute atomic E-state index is 0.117. The van der Waals surface area contributed by atoms with E-state index in [-0.39, 0.29) is 5.54 Å². The second kappa shape index (κ2) is 5.13. The van der Waals surface area contributed by atoms with Gasteiger partial charge in [0.05, 0.1) is 5.69 Å². The third kappa shape index (κ3) is 3.64. The highest BCUT2D eigenvalue weighted by Gasteiger charge is 2.10. The van der Waals surface area contributed by atoms with E-state index in [4.69, 9.17) is 0 Å². The quantitative estimate of drug-likeness (QED) is 0.920. The van der Waals surface area contributed by atoms with Crippen molar-refractivity contribution in [2.24, 2.45) is 0 Å². The average Bonchev–Trinajstić information content (AvgIpc) is 2.72. The van der Waals surface area contributed by atoms with Gasteiger partial charge in [0.1, 0.15) is 0 Å². The average molecular weight is 258 g/mol. The fraction of sp³-hybridized carbons (Fsp3) is 0.467. The molecule has 4 nitrogen and oxygen atoms in total. The van der Waals surface area contributed by atoms with Gasteiger partial charge in [-0.15, -0.1) is 0 Å². The summed E-state index contributed by atoms with van der Waals surface area (Å²) in [5, 5.41) is 7.86. The van der Waals surface area contributed by atoms with Gasteiger partial charge >= 0.3 is 0 Å². The first-order chi connectivity index (χ1) is 8.85. The molecule has 2 rings (SSSR count). The highest BCUT2D eigenvalue weighted by molar-refractivity contribution is 5.34. The summed E-state index contributed by atoms with van der Waals surface area (Å²) in [5.74, 6) is 0.896. The molecule has 0 spiro atoms. The van der Waals surface area contributed by atoms with Crippen molar-refractivity contribution < 1.29 is 0 Å². The number of aryl methyl sites for hydroxylation is 2. The van der Waals surface area contributed by atoms with Crippen molar-refractivity contribution in [1.29, 1.82) is 0 Å². The van der Waals surface area contributed by atoms with E-state index in [0.29, 0.717) is 0 Å². The summed E-state index contributed by atoms with van der Waals surface area (Å²) in [6, 6.07) is 4.15. The van der Waals surface area contributed by atoms with E-state index in [0.717, 1.165) is 23.6 Å². The van der Waals surface area contributed by atoms with Crippen molar-refractivity contribution in [2.45, 2.75) is 46.7 Å². The molecule has 2 aromatic heterocycles.